The van der Waals surface area contributed by atoms with Gasteiger partial charge >= 0.3 is 5.69 Å². The largest absolute Gasteiger partial charge is 0.356 e. The summed E-state index contributed by atoms with van der Waals surface area (Å²) < 4.78 is 1.29. The average Bonchev–Trinajstić information content (AvgIpc) is 2.33. The summed E-state index contributed by atoms with van der Waals surface area (Å²) in [4.78, 5) is 35.7. The second-order valence-electron chi connectivity index (χ2n) is 3.90. The maximum Gasteiger partial charge on any atom is 0.328 e. The minimum atomic E-state index is -0.501. The Morgan fingerprint density at radius 3 is 2.83 bits per heavy atom. The van der Waals surface area contributed by atoms with Gasteiger partial charge in [-0.1, -0.05) is 0 Å². The van der Waals surface area contributed by atoms with E-state index in [4.69, 9.17) is 5.73 Å². The van der Waals surface area contributed by atoms with Gasteiger partial charge in [0.25, 0.3) is 5.56 Å². The number of nitrogens with zero attached hydrogens (tertiary/aromatic N) is 1. The molecule has 0 bridgehead atoms. The Labute approximate surface area is 104 Å². The third-order valence-electron chi connectivity index (χ3n) is 2.43. The number of aryl methyl sites for hydroxylation is 1. The van der Waals surface area contributed by atoms with E-state index in [-0.39, 0.29) is 18.9 Å². The van der Waals surface area contributed by atoms with Gasteiger partial charge in [-0.2, -0.15) is 0 Å². The molecule has 0 aliphatic heterocycles. The molecule has 0 aliphatic rings. The predicted octanol–water partition coefficient (Wildman–Crippen LogP) is -1.22. The second kappa shape index (κ2) is 7.44. The van der Waals surface area contributed by atoms with Crippen LogP contribution in [0.15, 0.2) is 21.9 Å². The molecule has 1 heterocycles. The van der Waals surface area contributed by atoms with Crippen LogP contribution in [0.25, 0.3) is 0 Å². The van der Waals surface area contributed by atoms with E-state index < -0.39 is 11.2 Å². The van der Waals surface area contributed by atoms with E-state index in [0.717, 1.165) is 12.8 Å². The first-order valence-corrected chi connectivity index (χ1v) is 5.90. The zero-order chi connectivity index (χ0) is 13.4. The Kier molecular flexibility index (Phi) is 5.86. The molecule has 1 aromatic heterocycles. The van der Waals surface area contributed by atoms with Crippen LogP contribution in [0.4, 0.5) is 0 Å². The highest BCUT2D eigenvalue weighted by Gasteiger charge is 2.02. The van der Waals surface area contributed by atoms with Crippen LogP contribution in [-0.4, -0.2) is 28.5 Å². The lowest BCUT2D eigenvalue weighted by Gasteiger charge is -2.06. The molecule has 1 rings (SSSR count). The number of nitrogens with one attached hydrogen (secondary N) is 2. The number of amides is 1. The fourth-order valence-corrected chi connectivity index (χ4v) is 1.43. The van der Waals surface area contributed by atoms with Crippen LogP contribution in [0.2, 0.25) is 0 Å². The molecule has 0 atom stereocenters. The van der Waals surface area contributed by atoms with Crippen LogP contribution in [0, 0.1) is 0 Å². The summed E-state index contributed by atoms with van der Waals surface area (Å²) in [5.41, 5.74) is 4.39. The minimum absolute atomic E-state index is 0.120. The summed E-state index contributed by atoms with van der Waals surface area (Å²) in [5, 5.41) is 2.74. The molecular weight excluding hydrogens is 236 g/mol. The van der Waals surface area contributed by atoms with Gasteiger partial charge in [0.15, 0.2) is 0 Å². The first-order valence-electron chi connectivity index (χ1n) is 5.90. The van der Waals surface area contributed by atoms with Gasteiger partial charge in [0, 0.05) is 31.8 Å². The zero-order valence-electron chi connectivity index (χ0n) is 10.1. The maximum atomic E-state index is 11.4. The first-order chi connectivity index (χ1) is 8.63. The Morgan fingerprint density at radius 2 is 2.17 bits per heavy atom. The van der Waals surface area contributed by atoms with Crippen LogP contribution in [0.3, 0.4) is 0 Å². The van der Waals surface area contributed by atoms with Crippen LogP contribution in [-0.2, 0) is 11.3 Å². The van der Waals surface area contributed by atoms with Gasteiger partial charge in [0.1, 0.15) is 0 Å². The van der Waals surface area contributed by atoms with Crippen LogP contribution in [0.5, 0.6) is 0 Å². The molecule has 0 radical (unpaired) electrons. The van der Waals surface area contributed by atoms with Crippen molar-refractivity contribution in [3.8, 4) is 0 Å². The van der Waals surface area contributed by atoms with Crippen molar-refractivity contribution in [2.24, 2.45) is 5.73 Å². The van der Waals surface area contributed by atoms with Crippen molar-refractivity contribution in [1.82, 2.24) is 14.9 Å². The zero-order valence-corrected chi connectivity index (χ0v) is 10.1. The Balaban J connectivity index is 2.34. The highest BCUT2D eigenvalue weighted by Crippen LogP contribution is 1.87. The normalized spacial score (nSPS) is 10.3. The molecule has 4 N–H and O–H groups in total. The van der Waals surface area contributed by atoms with Gasteiger partial charge in [-0.15, -0.1) is 0 Å². The molecule has 1 aromatic rings. The van der Waals surface area contributed by atoms with Crippen LogP contribution in [0.1, 0.15) is 19.3 Å². The topological polar surface area (TPSA) is 110 Å². The molecular formula is C11H18N4O3. The number of rotatable bonds is 7. The van der Waals surface area contributed by atoms with Crippen molar-refractivity contribution in [2.45, 2.75) is 25.8 Å². The minimum Gasteiger partial charge on any atom is -0.356 e. The van der Waals surface area contributed by atoms with E-state index in [1.807, 2.05) is 0 Å². The van der Waals surface area contributed by atoms with Crippen molar-refractivity contribution in [1.29, 1.82) is 0 Å². The quantitative estimate of drug-likeness (QED) is 0.530. The summed E-state index contributed by atoms with van der Waals surface area (Å²) in [6, 6.07) is 1.25. The van der Waals surface area contributed by atoms with Gasteiger partial charge in [-0.25, -0.2) is 4.79 Å². The summed E-state index contributed by atoms with van der Waals surface area (Å²) >= 11 is 0. The van der Waals surface area contributed by atoms with Gasteiger partial charge < -0.3 is 15.6 Å². The lowest BCUT2D eigenvalue weighted by Crippen LogP contribution is -2.31. The number of hydrogen-bond donors (Lipinski definition) is 3. The van der Waals surface area contributed by atoms with Crippen molar-refractivity contribution < 1.29 is 4.79 Å². The monoisotopic (exact) mass is 254 g/mol. The number of carbonyl (C=O) groups excluding carboxylic acids is 1. The second-order valence-corrected chi connectivity index (χ2v) is 3.90. The van der Waals surface area contributed by atoms with E-state index in [1.165, 1.54) is 16.8 Å². The number of aromatic amines is 1. The maximum absolute atomic E-state index is 11.4. The molecule has 1 amide bonds. The third-order valence-corrected chi connectivity index (χ3v) is 2.43. The summed E-state index contributed by atoms with van der Waals surface area (Å²) in [6.45, 7) is 1.46. The summed E-state index contributed by atoms with van der Waals surface area (Å²) in [5.74, 6) is -0.120. The lowest BCUT2D eigenvalue weighted by atomic mass is 10.3. The van der Waals surface area contributed by atoms with E-state index in [1.54, 1.807) is 0 Å². The number of unbranched alkanes of at least 4 members (excludes halogenated alkanes) is 1. The van der Waals surface area contributed by atoms with Gasteiger partial charge in [0.05, 0.1) is 0 Å². The van der Waals surface area contributed by atoms with E-state index in [0.29, 0.717) is 13.1 Å². The smallest absolute Gasteiger partial charge is 0.328 e. The van der Waals surface area contributed by atoms with E-state index in [9.17, 15) is 14.4 Å². The molecule has 0 saturated heterocycles. The number of hydrogen-bond acceptors (Lipinski definition) is 4. The molecule has 0 fully saturated rings. The van der Waals surface area contributed by atoms with Gasteiger partial charge in [-0.05, 0) is 19.4 Å². The van der Waals surface area contributed by atoms with E-state index >= 15 is 0 Å². The SMILES string of the molecule is NCCCCNC(=O)CCn1ccc(=O)[nH]c1=O. The Bertz CT molecular complexity index is 492. The summed E-state index contributed by atoms with van der Waals surface area (Å²) in [7, 11) is 0. The van der Waals surface area contributed by atoms with Gasteiger partial charge in [0.2, 0.25) is 5.91 Å². The van der Waals surface area contributed by atoms with Crippen molar-refractivity contribution in [3.05, 3.63) is 33.1 Å². The lowest BCUT2D eigenvalue weighted by molar-refractivity contribution is -0.121. The predicted molar refractivity (Wildman–Crippen MR) is 67.2 cm³/mol. The van der Waals surface area contributed by atoms with Gasteiger partial charge in [-0.3, -0.25) is 14.6 Å². The molecule has 0 aromatic carbocycles. The molecule has 100 valence electrons. The van der Waals surface area contributed by atoms with Crippen molar-refractivity contribution >= 4 is 5.91 Å². The molecule has 0 aliphatic carbocycles. The number of aromatic nitrogens is 2. The molecule has 18 heavy (non-hydrogen) atoms. The molecule has 0 spiro atoms. The standard InChI is InChI=1S/C11H18N4O3/c12-5-1-2-6-13-9(16)3-7-15-8-4-10(17)14-11(15)18/h4,8H,1-3,5-7,12H2,(H,13,16)(H,14,17,18). The highest BCUT2D eigenvalue weighted by molar-refractivity contribution is 5.75. The number of carbonyl (C=O) groups is 1. The Morgan fingerprint density at radius 1 is 1.39 bits per heavy atom. The summed E-state index contributed by atoms with van der Waals surface area (Å²) in [6.07, 6.45) is 3.30. The molecule has 7 nitrogen and oxygen atoms in total. The molecule has 0 saturated carbocycles. The van der Waals surface area contributed by atoms with Crippen LogP contribution < -0.4 is 22.3 Å². The third kappa shape index (κ3) is 4.96. The molecule has 0 unspecified atom stereocenters. The van der Waals surface area contributed by atoms with E-state index in [2.05, 4.69) is 10.3 Å². The first kappa shape index (κ1) is 14.2. The van der Waals surface area contributed by atoms with Crippen LogP contribution >= 0.6 is 0 Å². The average molecular weight is 254 g/mol. The fourth-order valence-electron chi connectivity index (χ4n) is 1.43. The molecule has 7 heteroatoms. The number of nitrogens with two attached hydrogens (primary N) is 1. The van der Waals surface area contributed by atoms with Crippen molar-refractivity contribution in [3.63, 3.8) is 0 Å². The Hall–Kier alpha value is -1.89. The van der Waals surface area contributed by atoms with Crippen molar-refractivity contribution in [2.75, 3.05) is 13.1 Å². The fraction of sp³-hybridized carbons (Fsp3) is 0.545. The number of H-pyrrole nitrogens is 1. The highest BCUT2D eigenvalue weighted by atomic mass is 16.2.